The molecule has 0 atom stereocenters. The molecule has 1 fully saturated rings. The van der Waals surface area contributed by atoms with Crippen LogP contribution in [-0.2, 0) is 0 Å². The Labute approximate surface area is 90.1 Å². The van der Waals surface area contributed by atoms with Gasteiger partial charge in [0.15, 0.2) is 0 Å². The van der Waals surface area contributed by atoms with Crippen molar-refractivity contribution in [3.8, 4) is 0 Å². The summed E-state index contributed by atoms with van der Waals surface area (Å²) in [5.41, 5.74) is 9.97. The van der Waals surface area contributed by atoms with Crippen molar-refractivity contribution < 1.29 is 0 Å². The second kappa shape index (κ2) is 3.14. The van der Waals surface area contributed by atoms with E-state index in [1.807, 2.05) is 0 Å². The summed E-state index contributed by atoms with van der Waals surface area (Å²) < 4.78 is 0. The zero-order chi connectivity index (χ0) is 10.3. The summed E-state index contributed by atoms with van der Waals surface area (Å²) >= 11 is 0. The van der Waals surface area contributed by atoms with Crippen LogP contribution in [0.5, 0.6) is 0 Å². The third kappa shape index (κ3) is 1.23. The maximum Gasteiger partial charge on any atom is 0.0613 e. The van der Waals surface area contributed by atoms with E-state index >= 15 is 0 Å². The highest BCUT2D eigenvalue weighted by Gasteiger charge is 2.39. The Morgan fingerprint density at radius 1 is 1.27 bits per heavy atom. The predicted octanol–water partition coefficient (Wildman–Crippen LogP) is 0.626. The Bertz CT molecular complexity index is 370. The Morgan fingerprint density at radius 3 is 2.80 bits per heavy atom. The van der Waals surface area contributed by atoms with E-state index in [0.29, 0.717) is 0 Å². The van der Waals surface area contributed by atoms with Gasteiger partial charge in [-0.1, -0.05) is 18.2 Å². The SMILES string of the molecule is NC1=C2NCC=CC2=CC12CCNCC2. The summed E-state index contributed by atoms with van der Waals surface area (Å²) in [4.78, 5) is 0. The van der Waals surface area contributed by atoms with Crippen LogP contribution in [0.2, 0.25) is 0 Å². The van der Waals surface area contributed by atoms with E-state index in [4.69, 9.17) is 5.73 Å². The topological polar surface area (TPSA) is 50.1 Å². The number of hydrogen-bond acceptors (Lipinski definition) is 3. The highest BCUT2D eigenvalue weighted by molar-refractivity contribution is 5.53. The number of hydrogen-bond donors (Lipinski definition) is 3. The molecule has 4 N–H and O–H groups in total. The molecular formula is C12H17N3. The van der Waals surface area contributed by atoms with Gasteiger partial charge in [0.05, 0.1) is 5.70 Å². The summed E-state index contributed by atoms with van der Waals surface area (Å²) in [5.74, 6) is 0. The van der Waals surface area contributed by atoms with Crippen molar-refractivity contribution in [1.29, 1.82) is 0 Å². The van der Waals surface area contributed by atoms with Gasteiger partial charge in [-0.3, -0.25) is 0 Å². The summed E-state index contributed by atoms with van der Waals surface area (Å²) in [6.07, 6.45) is 8.96. The van der Waals surface area contributed by atoms with E-state index in [0.717, 1.165) is 38.2 Å². The van der Waals surface area contributed by atoms with Gasteiger partial charge in [-0.2, -0.15) is 0 Å². The van der Waals surface area contributed by atoms with E-state index in [9.17, 15) is 0 Å². The lowest BCUT2D eigenvalue weighted by Crippen LogP contribution is -2.38. The second-order valence-corrected chi connectivity index (χ2v) is 4.58. The molecule has 2 heterocycles. The van der Waals surface area contributed by atoms with Crippen molar-refractivity contribution in [2.75, 3.05) is 19.6 Å². The monoisotopic (exact) mass is 203 g/mol. The first-order chi connectivity index (χ1) is 7.32. The second-order valence-electron chi connectivity index (χ2n) is 4.58. The summed E-state index contributed by atoms with van der Waals surface area (Å²) in [6.45, 7) is 3.05. The molecule has 1 spiro atoms. The van der Waals surface area contributed by atoms with E-state index in [-0.39, 0.29) is 5.41 Å². The van der Waals surface area contributed by atoms with E-state index in [2.05, 4.69) is 28.9 Å². The highest BCUT2D eigenvalue weighted by atomic mass is 14.9. The van der Waals surface area contributed by atoms with Gasteiger partial charge in [-0.15, -0.1) is 0 Å². The molecule has 0 aromatic rings. The first-order valence-corrected chi connectivity index (χ1v) is 5.66. The maximum atomic E-state index is 6.30. The number of nitrogens with one attached hydrogen (secondary N) is 2. The van der Waals surface area contributed by atoms with Gasteiger partial charge in [0.2, 0.25) is 0 Å². The fourth-order valence-corrected chi connectivity index (χ4v) is 2.81. The van der Waals surface area contributed by atoms with Crippen molar-refractivity contribution in [2.24, 2.45) is 11.1 Å². The maximum absolute atomic E-state index is 6.30. The molecule has 2 aliphatic heterocycles. The molecule has 0 unspecified atom stereocenters. The lowest BCUT2D eigenvalue weighted by atomic mass is 9.78. The lowest BCUT2D eigenvalue weighted by Gasteiger charge is -2.33. The van der Waals surface area contributed by atoms with Crippen LogP contribution >= 0.6 is 0 Å². The number of rotatable bonds is 0. The van der Waals surface area contributed by atoms with Crippen LogP contribution in [0.25, 0.3) is 0 Å². The van der Waals surface area contributed by atoms with Crippen LogP contribution in [0.3, 0.4) is 0 Å². The van der Waals surface area contributed by atoms with Crippen molar-refractivity contribution in [1.82, 2.24) is 10.6 Å². The third-order valence-corrected chi connectivity index (χ3v) is 3.72. The van der Waals surface area contributed by atoms with Gasteiger partial charge in [0, 0.05) is 17.7 Å². The normalized spacial score (nSPS) is 27.6. The first kappa shape index (κ1) is 9.04. The zero-order valence-corrected chi connectivity index (χ0v) is 8.84. The van der Waals surface area contributed by atoms with Gasteiger partial charge in [0.1, 0.15) is 0 Å². The van der Waals surface area contributed by atoms with Gasteiger partial charge in [-0.05, 0) is 31.5 Å². The van der Waals surface area contributed by atoms with E-state index in [1.54, 1.807) is 0 Å². The molecule has 1 aliphatic carbocycles. The summed E-state index contributed by atoms with van der Waals surface area (Å²) in [6, 6.07) is 0. The van der Waals surface area contributed by atoms with Gasteiger partial charge in [0.25, 0.3) is 0 Å². The molecule has 0 bridgehead atoms. The molecule has 80 valence electrons. The molecule has 3 rings (SSSR count). The molecule has 1 saturated heterocycles. The molecule has 0 saturated carbocycles. The standard InChI is InChI=1S/C12H17N3/c13-11-10-9(2-1-5-15-10)8-12(11)3-6-14-7-4-12/h1-2,8,14-15H,3-7,13H2. The largest absolute Gasteiger partial charge is 0.400 e. The summed E-state index contributed by atoms with van der Waals surface area (Å²) in [5, 5.41) is 6.77. The Hall–Kier alpha value is -1.22. The zero-order valence-electron chi connectivity index (χ0n) is 8.84. The minimum absolute atomic E-state index is 0.137. The average Bonchev–Trinajstić information content (AvgIpc) is 2.54. The first-order valence-electron chi connectivity index (χ1n) is 5.66. The fourth-order valence-electron chi connectivity index (χ4n) is 2.81. The molecule has 0 aromatic carbocycles. The van der Waals surface area contributed by atoms with Crippen molar-refractivity contribution in [3.05, 3.63) is 35.2 Å². The van der Waals surface area contributed by atoms with Gasteiger partial charge < -0.3 is 16.4 Å². The number of piperidine rings is 1. The quantitative estimate of drug-likeness (QED) is 0.541. The molecule has 15 heavy (non-hydrogen) atoms. The highest BCUT2D eigenvalue weighted by Crippen LogP contribution is 2.44. The predicted molar refractivity (Wildman–Crippen MR) is 61.0 cm³/mol. The van der Waals surface area contributed by atoms with E-state index < -0.39 is 0 Å². The van der Waals surface area contributed by atoms with Crippen LogP contribution < -0.4 is 16.4 Å². The molecule has 0 aromatic heterocycles. The van der Waals surface area contributed by atoms with E-state index in [1.165, 1.54) is 11.3 Å². The number of allylic oxidation sites excluding steroid dienone is 2. The molecule has 3 nitrogen and oxygen atoms in total. The molecule has 3 aliphatic rings. The van der Waals surface area contributed by atoms with Crippen molar-refractivity contribution >= 4 is 0 Å². The average molecular weight is 203 g/mol. The number of fused-ring (bicyclic) bond motifs is 1. The molecule has 0 amide bonds. The number of nitrogens with two attached hydrogens (primary N) is 1. The van der Waals surface area contributed by atoms with Crippen molar-refractivity contribution in [3.63, 3.8) is 0 Å². The molecular weight excluding hydrogens is 186 g/mol. The lowest BCUT2D eigenvalue weighted by molar-refractivity contribution is 0.323. The van der Waals surface area contributed by atoms with Crippen LogP contribution in [-0.4, -0.2) is 19.6 Å². The van der Waals surface area contributed by atoms with Crippen LogP contribution in [0, 0.1) is 5.41 Å². The fraction of sp³-hybridized carbons (Fsp3) is 0.500. The summed E-state index contributed by atoms with van der Waals surface area (Å²) in [7, 11) is 0. The Balaban J connectivity index is 2.03. The van der Waals surface area contributed by atoms with Crippen molar-refractivity contribution in [2.45, 2.75) is 12.8 Å². The smallest absolute Gasteiger partial charge is 0.0613 e. The van der Waals surface area contributed by atoms with Gasteiger partial charge >= 0.3 is 0 Å². The Kier molecular flexibility index (Phi) is 1.89. The van der Waals surface area contributed by atoms with Gasteiger partial charge in [-0.25, -0.2) is 0 Å². The van der Waals surface area contributed by atoms with Crippen LogP contribution in [0.4, 0.5) is 0 Å². The Morgan fingerprint density at radius 2 is 2.07 bits per heavy atom. The minimum Gasteiger partial charge on any atom is -0.400 e. The molecule has 0 radical (unpaired) electrons. The van der Waals surface area contributed by atoms with Crippen LogP contribution in [0.15, 0.2) is 35.2 Å². The van der Waals surface area contributed by atoms with Crippen LogP contribution in [0.1, 0.15) is 12.8 Å². The minimum atomic E-state index is 0.137. The third-order valence-electron chi connectivity index (χ3n) is 3.72. The molecule has 3 heteroatoms.